The molecular weight excluding hydrogens is 264 g/mol. The number of rotatable bonds is 4. The molecule has 1 atom stereocenters. The van der Waals surface area contributed by atoms with Gasteiger partial charge in [-0.15, -0.1) is 11.6 Å². The van der Waals surface area contributed by atoms with Gasteiger partial charge in [0.05, 0.1) is 18.8 Å². The van der Waals surface area contributed by atoms with Gasteiger partial charge >= 0.3 is 0 Å². The summed E-state index contributed by atoms with van der Waals surface area (Å²) in [5.41, 5.74) is 0.920. The zero-order chi connectivity index (χ0) is 13.9. The van der Waals surface area contributed by atoms with Gasteiger partial charge in [0.15, 0.2) is 0 Å². The Morgan fingerprint density at radius 2 is 2.37 bits per heavy atom. The van der Waals surface area contributed by atoms with E-state index in [1.165, 1.54) is 0 Å². The number of ether oxygens (including phenoxy) is 2. The second-order valence-corrected chi connectivity index (χ2v) is 5.80. The van der Waals surface area contributed by atoms with Crippen molar-refractivity contribution in [2.75, 3.05) is 26.1 Å². The van der Waals surface area contributed by atoms with Crippen molar-refractivity contribution < 1.29 is 9.47 Å². The Morgan fingerprint density at radius 3 is 3.05 bits per heavy atom. The molecule has 0 aromatic carbocycles. The van der Waals surface area contributed by atoms with E-state index in [4.69, 9.17) is 21.1 Å². The highest BCUT2D eigenvalue weighted by Gasteiger charge is 2.33. The van der Waals surface area contributed by atoms with Crippen LogP contribution in [0.2, 0.25) is 0 Å². The summed E-state index contributed by atoms with van der Waals surface area (Å²) in [4.78, 5) is 6.58. The van der Waals surface area contributed by atoms with Crippen molar-refractivity contribution in [2.45, 2.75) is 32.1 Å². The van der Waals surface area contributed by atoms with Crippen molar-refractivity contribution >= 4 is 11.6 Å². The van der Waals surface area contributed by atoms with E-state index in [1.54, 1.807) is 13.3 Å². The van der Waals surface area contributed by atoms with Gasteiger partial charge in [0.1, 0.15) is 0 Å². The molecule has 0 bridgehead atoms. The third-order valence-corrected chi connectivity index (χ3v) is 3.51. The molecule has 0 aliphatic carbocycles. The molecule has 0 radical (unpaired) electrons. The van der Waals surface area contributed by atoms with Gasteiger partial charge in [-0.2, -0.15) is 0 Å². The number of hydrogen-bond donors (Lipinski definition) is 0. The van der Waals surface area contributed by atoms with Gasteiger partial charge in [0, 0.05) is 37.3 Å². The lowest BCUT2D eigenvalue weighted by Crippen LogP contribution is -2.52. The molecule has 1 fully saturated rings. The van der Waals surface area contributed by atoms with Gasteiger partial charge in [-0.05, 0) is 19.9 Å². The topological polar surface area (TPSA) is 34.6 Å². The number of morpholine rings is 1. The van der Waals surface area contributed by atoms with Gasteiger partial charge in [0.2, 0.25) is 5.88 Å². The minimum absolute atomic E-state index is 0.0769. The first-order chi connectivity index (χ1) is 9.04. The second kappa shape index (κ2) is 6.07. The summed E-state index contributed by atoms with van der Waals surface area (Å²) in [6, 6.07) is 3.98. The minimum atomic E-state index is -0.173. The van der Waals surface area contributed by atoms with E-state index in [-0.39, 0.29) is 11.7 Å². The first-order valence-corrected chi connectivity index (χ1v) is 7.01. The number of alkyl halides is 1. The van der Waals surface area contributed by atoms with Crippen LogP contribution in [0, 0.1) is 0 Å². The van der Waals surface area contributed by atoms with Crippen LogP contribution in [0.15, 0.2) is 18.3 Å². The number of methoxy groups -OCH3 is 1. The molecule has 5 heteroatoms. The smallest absolute Gasteiger partial charge is 0.217 e. The molecule has 1 unspecified atom stereocenters. The largest absolute Gasteiger partial charge is 0.481 e. The van der Waals surface area contributed by atoms with Crippen molar-refractivity contribution in [2.24, 2.45) is 0 Å². The van der Waals surface area contributed by atoms with E-state index in [9.17, 15) is 0 Å². The Balaban J connectivity index is 2.09. The summed E-state index contributed by atoms with van der Waals surface area (Å²) < 4.78 is 11.2. The SMILES string of the molecule is COc1ncccc1CN1CC(CCl)OC(C)(C)C1. The van der Waals surface area contributed by atoms with Crippen molar-refractivity contribution in [1.82, 2.24) is 9.88 Å². The maximum atomic E-state index is 5.95. The number of pyridine rings is 1. The van der Waals surface area contributed by atoms with Crippen molar-refractivity contribution in [3.8, 4) is 5.88 Å². The Labute approximate surface area is 119 Å². The van der Waals surface area contributed by atoms with Gasteiger partial charge in [0.25, 0.3) is 0 Å². The quantitative estimate of drug-likeness (QED) is 0.795. The molecule has 1 aliphatic rings. The molecule has 106 valence electrons. The summed E-state index contributed by atoms with van der Waals surface area (Å²) in [5, 5.41) is 0. The van der Waals surface area contributed by atoms with Crippen LogP contribution in [-0.2, 0) is 11.3 Å². The van der Waals surface area contributed by atoms with E-state index in [0.717, 1.165) is 25.2 Å². The monoisotopic (exact) mass is 284 g/mol. The molecule has 19 heavy (non-hydrogen) atoms. The molecule has 0 N–H and O–H groups in total. The number of aromatic nitrogens is 1. The molecule has 4 nitrogen and oxygen atoms in total. The normalized spacial score (nSPS) is 23.3. The van der Waals surface area contributed by atoms with E-state index in [1.807, 2.05) is 12.1 Å². The molecule has 0 amide bonds. The fourth-order valence-electron chi connectivity index (χ4n) is 2.59. The highest BCUT2D eigenvalue weighted by Crippen LogP contribution is 2.25. The number of halogens is 1. The van der Waals surface area contributed by atoms with Crippen molar-refractivity contribution in [3.05, 3.63) is 23.9 Å². The lowest BCUT2D eigenvalue weighted by atomic mass is 10.0. The summed E-state index contributed by atoms with van der Waals surface area (Å²) in [5.74, 6) is 1.21. The molecule has 1 aromatic rings. The Hall–Kier alpha value is -0.840. The number of hydrogen-bond acceptors (Lipinski definition) is 4. The molecule has 1 aromatic heterocycles. The molecule has 1 saturated heterocycles. The molecule has 0 saturated carbocycles. The van der Waals surface area contributed by atoms with Crippen LogP contribution < -0.4 is 4.74 Å². The first kappa shape index (κ1) is 14.6. The highest BCUT2D eigenvalue weighted by molar-refractivity contribution is 6.18. The lowest BCUT2D eigenvalue weighted by Gasteiger charge is -2.42. The zero-order valence-corrected chi connectivity index (χ0v) is 12.5. The predicted molar refractivity (Wildman–Crippen MR) is 75.7 cm³/mol. The molecule has 0 spiro atoms. The van der Waals surface area contributed by atoms with Crippen LogP contribution >= 0.6 is 11.6 Å². The van der Waals surface area contributed by atoms with Crippen molar-refractivity contribution in [1.29, 1.82) is 0 Å². The van der Waals surface area contributed by atoms with Gasteiger partial charge in [-0.3, -0.25) is 4.90 Å². The maximum absolute atomic E-state index is 5.95. The third kappa shape index (κ3) is 3.81. The minimum Gasteiger partial charge on any atom is -0.481 e. The molecule has 1 aliphatic heterocycles. The standard InChI is InChI=1S/C14H21ClN2O2/c1-14(2)10-17(9-12(7-15)19-14)8-11-5-4-6-16-13(11)18-3/h4-6,12H,7-10H2,1-3H3. The van der Waals surface area contributed by atoms with Crippen LogP contribution in [0.3, 0.4) is 0 Å². The summed E-state index contributed by atoms with van der Waals surface area (Å²) in [6.45, 7) is 6.71. The van der Waals surface area contributed by atoms with E-state index < -0.39 is 0 Å². The van der Waals surface area contributed by atoms with E-state index >= 15 is 0 Å². The summed E-state index contributed by atoms with van der Waals surface area (Å²) >= 11 is 5.95. The highest BCUT2D eigenvalue weighted by atomic mass is 35.5. The maximum Gasteiger partial charge on any atom is 0.217 e. The third-order valence-electron chi connectivity index (χ3n) is 3.16. The van der Waals surface area contributed by atoms with Gasteiger partial charge in [-0.25, -0.2) is 4.98 Å². The Kier molecular flexibility index (Phi) is 4.66. The number of nitrogens with zero attached hydrogens (tertiary/aromatic N) is 2. The second-order valence-electron chi connectivity index (χ2n) is 5.50. The van der Waals surface area contributed by atoms with Gasteiger partial charge in [-0.1, -0.05) is 6.07 Å². The van der Waals surface area contributed by atoms with Crippen LogP contribution in [0.25, 0.3) is 0 Å². The fourth-order valence-corrected chi connectivity index (χ4v) is 2.75. The van der Waals surface area contributed by atoms with Crippen LogP contribution in [0.1, 0.15) is 19.4 Å². The average molecular weight is 285 g/mol. The van der Waals surface area contributed by atoms with E-state index in [0.29, 0.717) is 11.8 Å². The van der Waals surface area contributed by atoms with Crippen molar-refractivity contribution in [3.63, 3.8) is 0 Å². The summed E-state index contributed by atoms with van der Waals surface area (Å²) in [7, 11) is 1.65. The van der Waals surface area contributed by atoms with Crippen LogP contribution in [0.4, 0.5) is 0 Å². The molecular formula is C14H21ClN2O2. The first-order valence-electron chi connectivity index (χ1n) is 6.48. The summed E-state index contributed by atoms with van der Waals surface area (Å²) in [6.07, 6.45) is 1.82. The van der Waals surface area contributed by atoms with Gasteiger partial charge < -0.3 is 9.47 Å². The van der Waals surface area contributed by atoms with Crippen LogP contribution in [-0.4, -0.2) is 47.7 Å². The Bertz CT molecular complexity index is 426. The van der Waals surface area contributed by atoms with Crippen LogP contribution in [0.5, 0.6) is 5.88 Å². The van der Waals surface area contributed by atoms with E-state index in [2.05, 4.69) is 23.7 Å². The lowest BCUT2D eigenvalue weighted by molar-refractivity contribution is -0.129. The molecule has 2 rings (SSSR count). The fraction of sp³-hybridized carbons (Fsp3) is 0.643. The predicted octanol–water partition coefficient (Wildman–Crippen LogP) is 2.31. The molecule has 2 heterocycles. The average Bonchev–Trinajstić information content (AvgIpc) is 2.37. The Morgan fingerprint density at radius 1 is 1.58 bits per heavy atom. The zero-order valence-electron chi connectivity index (χ0n) is 11.7.